The summed E-state index contributed by atoms with van der Waals surface area (Å²) < 4.78 is 33.3. The summed E-state index contributed by atoms with van der Waals surface area (Å²) in [5.41, 5.74) is 0.0628. The fourth-order valence-corrected chi connectivity index (χ4v) is 4.62. The summed E-state index contributed by atoms with van der Waals surface area (Å²) in [5, 5.41) is 9.79. The van der Waals surface area contributed by atoms with Crippen molar-refractivity contribution in [1.82, 2.24) is 0 Å². The van der Waals surface area contributed by atoms with Crippen molar-refractivity contribution in [2.24, 2.45) is 5.41 Å². The Kier molecular flexibility index (Phi) is 9.61. The number of carboxylic acid groups (broad SMARTS) is 1. The number of hydrogen-bond acceptors (Lipinski definition) is 11. The SMILES string of the molecule is CC(=O)OC[C@H]1O[C@@H](O[C@@H]2CCC(C)(C)C(C(=O)O)=C2C)[C@H](OC(C)=O)[C@@H](OC(C)=O)[C@@H]1OC(C)=O. The molecule has 1 aliphatic carbocycles. The lowest BCUT2D eigenvalue weighted by molar-refractivity contribution is -0.315. The van der Waals surface area contributed by atoms with Crippen LogP contribution in [0.1, 0.15) is 61.3 Å². The number of carbonyl (C=O) groups is 5. The number of rotatable bonds is 8. The van der Waals surface area contributed by atoms with E-state index in [-0.39, 0.29) is 12.2 Å². The molecule has 0 aromatic rings. The highest BCUT2D eigenvalue weighted by atomic mass is 16.7. The summed E-state index contributed by atoms with van der Waals surface area (Å²) in [7, 11) is 0. The van der Waals surface area contributed by atoms with Gasteiger partial charge in [0.15, 0.2) is 24.6 Å². The van der Waals surface area contributed by atoms with Crippen LogP contribution in [0.25, 0.3) is 0 Å². The molecule has 0 aromatic heterocycles. The van der Waals surface area contributed by atoms with Crippen LogP contribution < -0.4 is 0 Å². The third kappa shape index (κ3) is 7.26. The standard InChI is InChI=1S/C24H34O12/c1-11-16(8-9-24(6,7)18(11)22(29)30)35-23-21(34-15(5)28)20(33-14(4)27)19(32-13(3)26)17(36-23)10-31-12(2)25/h16-17,19-21,23H,8-10H2,1-7H3,(H,29,30)/t16-,17-,19-,20+,21-,23-/m1/s1. The summed E-state index contributed by atoms with van der Waals surface area (Å²) in [6.45, 7) is 9.46. The molecule has 0 radical (unpaired) electrons. The number of carbonyl (C=O) groups excluding carboxylic acids is 4. The fraction of sp³-hybridized carbons (Fsp3) is 0.708. The molecule has 0 saturated carbocycles. The van der Waals surface area contributed by atoms with Crippen LogP contribution in [0.4, 0.5) is 0 Å². The second kappa shape index (κ2) is 11.8. The third-order valence-electron chi connectivity index (χ3n) is 6.05. The number of ether oxygens (including phenoxy) is 6. The molecule has 1 fully saturated rings. The Balaban J connectivity index is 2.51. The van der Waals surface area contributed by atoms with Crippen molar-refractivity contribution in [3.8, 4) is 0 Å². The molecule has 6 atom stereocenters. The van der Waals surface area contributed by atoms with Crippen molar-refractivity contribution in [2.45, 2.75) is 98.1 Å². The van der Waals surface area contributed by atoms with Crippen molar-refractivity contribution >= 4 is 29.8 Å². The van der Waals surface area contributed by atoms with Crippen LogP contribution in [0.15, 0.2) is 11.1 Å². The first kappa shape index (κ1) is 29.2. The van der Waals surface area contributed by atoms with E-state index >= 15 is 0 Å². The van der Waals surface area contributed by atoms with E-state index in [9.17, 15) is 29.1 Å². The van der Waals surface area contributed by atoms with Gasteiger partial charge in [0, 0.05) is 33.3 Å². The molecule has 12 nitrogen and oxygen atoms in total. The molecule has 1 aliphatic heterocycles. The van der Waals surface area contributed by atoms with Gasteiger partial charge < -0.3 is 33.5 Å². The van der Waals surface area contributed by atoms with Crippen molar-refractivity contribution in [3.05, 3.63) is 11.1 Å². The maximum absolute atomic E-state index is 12.0. The van der Waals surface area contributed by atoms with Crippen LogP contribution in [0, 0.1) is 5.41 Å². The second-order valence-corrected chi connectivity index (χ2v) is 9.48. The molecule has 2 rings (SSSR count). The van der Waals surface area contributed by atoms with Crippen molar-refractivity contribution in [3.63, 3.8) is 0 Å². The third-order valence-corrected chi connectivity index (χ3v) is 6.05. The molecular weight excluding hydrogens is 480 g/mol. The molecule has 1 saturated heterocycles. The Labute approximate surface area is 209 Å². The van der Waals surface area contributed by atoms with Gasteiger partial charge in [-0.1, -0.05) is 13.8 Å². The zero-order valence-corrected chi connectivity index (χ0v) is 21.5. The second-order valence-electron chi connectivity index (χ2n) is 9.48. The summed E-state index contributed by atoms with van der Waals surface area (Å²) in [4.78, 5) is 59.2. The summed E-state index contributed by atoms with van der Waals surface area (Å²) in [6.07, 6.45) is -6.37. The first-order valence-electron chi connectivity index (χ1n) is 11.5. The summed E-state index contributed by atoms with van der Waals surface area (Å²) in [5.74, 6) is -3.97. The Bertz CT molecular complexity index is 920. The largest absolute Gasteiger partial charge is 0.478 e. The zero-order chi connectivity index (χ0) is 27.4. The quantitative estimate of drug-likeness (QED) is 0.369. The minimum absolute atomic E-state index is 0.199. The van der Waals surface area contributed by atoms with E-state index in [1.54, 1.807) is 6.92 Å². The monoisotopic (exact) mass is 514 g/mol. The highest BCUT2D eigenvalue weighted by Crippen LogP contribution is 2.42. The highest BCUT2D eigenvalue weighted by Gasteiger charge is 2.53. The first-order valence-corrected chi connectivity index (χ1v) is 11.5. The fourth-order valence-electron chi connectivity index (χ4n) is 4.62. The maximum atomic E-state index is 12.0. The Morgan fingerprint density at radius 3 is 1.92 bits per heavy atom. The predicted octanol–water partition coefficient (Wildman–Crippen LogP) is 1.68. The van der Waals surface area contributed by atoms with E-state index < -0.39 is 72.1 Å². The molecule has 0 bridgehead atoms. The lowest BCUT2D eigenvalue weighted by atomic mass is 9.71. The molecule has 1 N–H and O–H groups in total. The van der Waals surface area contributed by atoms with Crippen molar-refractivity contribution in [1.29, 1.82) is 0 Å². The van der Waals surface area contributed by atoms with Gasteiger partial charge in [0.1, 0.15) is 12.7 Å². The van der Waals surface area contributed by atoms with Crippen LogP contribution >= 0.6 is 0 Å². The van der Waals surface area contributed by atoms with E-state index in [1.807, 2.05) is 13.8 Å². The van der Waals surface area contributed by atoms with Gasteiger partial charge in [0.05, 0.1) is 6.10 Å². The molecule has 0 aromatic carbocycles. The average molecular weight is 515 g/mol. The number of carboxylic acids is 1. The van der Waals surface area contributed by atoms with Crippen molar-refractivity contribution < 1.29 is 57.5 Å². The average Bonchev–Trinajstić information content (AvgIpc) is 2.71. The lowest BCUT2D eigenvalue weighted by Gasteiger charge is -2.46. The van der Waals surface area contributed by atoms with Gasteiger partial charge in [0.2, 0.25) is 0 Å². The topological polar surface area (TPSA) is 161 Å². The van der Waals surface area contributed by atoms with Crippen LogP contribution in [0.2, 0.25) is 0 Å². The molecular formula is C24H34O12. The minimum atomic E-state index is -1.37. The predicted molar refractivity (Wildman–Crippen MR) is 120 cm³/mol. The van der Waals surface area contributed by atoms with Gasteiger partial charge in [-0.05, 0) is 30.8 Å². The van der Waals surface area contributed by atoms with Gasteiger partial charge >= 0.3 is 29.8 Å². The van der Waals surface area contributed by atoms with Crippen LogP contribution in [0.3, 0.4) is 0 Å². The maximum Gasteiger partial charge on any atom is 0.332 e. The molecule has 1 heterocycles. The number of esters is 4. The van der Waals surface area contributed by atoms with Gasteiger partial charge in [0.25, 0.3) is 0 Å². The highest BCUT2D eigenvalue weighted by molar-refractivity contribution is 5.89. The normalized spacial score (nSPS) is 29.6. The molecule has 2 aliphatic rings. The Morgan fingerprint density at radius 2 is 1.42 bits per heavy atom. The first-order chi connectivity index (χ1) is 16.6. The smallest absolute Gasteiger partial charge is 0.332 e. The lowest BCUT2D eigenvalue weighted by Crippen LogP contribution is -2.63. The van der Waals surface area contributed by atoms with Gasteiger partial charge in [-0.3, -0.25) is 19.2 Å². The molecule has 0 spiro atoms. The Hall–Kier alpha value is -2.99. The molecule has 12 heteroatoms. The van der Waals surface area contributed by atoms with E-state index in [1.165, 1.54) is 6.92 Å². The minimum Gasteiger partial charge on any atom is -0.478 e. The molecule has 0 unspecified atom stereocenters. The van der Waals surface area contributed by atoms with E-state index in [0.717, 1.165) is 20.8 Å². The summed E-state index contributed by atoms with van der Waals surface area (Å²) >= 11 is 0. The zero-order valence-electron chi connectivity index (χ0n) is 21.5. The van der Waals surface area contributed by atoms with Gasteiger partial charge in [-0.25, -0.2) is 4.79 Å². The number of aliphatic carboxylic acids is 1. The van der Waals surface area contributed by atoms with Gasteiger partial charge in [-0.15, -0.1) is 0 Å². The number of hydrogen-bond donors (Lipinski definition) is 1. The van der Waals surface area contributed by atoms with E-state index in [0.29, 0.717) is 18.4 Å². The van der Waals surface area contributed by atoms with Gasteiger partial charge in [-0.2, -0.15) is 0 Å². The molecule has 202 valence electrons. The van der Waals surface area contributed by atoms with Crippen molar-refractivity contribution in [2.75, 3.05) is 6.61 Å². The summed E-state index contributed by atoms with van der Waals surface area (Å²) in [6, 6.07) is 0. The Morgan fingerprint density at radius 1 is 0.889 bits per heavy atom. The van der Waals surface area contributed by atoms with E-state index in [4.69, 9.17) is 28.4 Å². The van der Waals surface area contributed by atoms with E-state index in [2.05, 4.69) is 0 Å². The molecule has 36 heavy (non-hydrogen) atoms. The van der Waals surface area contributed by atoms with Crippen LogP contribution in [0.5, 0.6) is 0 Å². The molecule has 0 amide bonds. The van der Waals surface area contributed by atoms with Crippen LogP contribution in [-0.4, -0.2) is 78.4 Å². The van der Waals surface area contributed by atoms with Crippen LogP contribution in [-0.2, 0) is 52.4 Å².